The van der Waals surface area contributed by atoms with Crippen LogP contribution in [0.25, 0.3) is 0 Å². The minimum Gasteiger partial charge on any atom is -0.300 e. The zero-order chi connectivity index (χ0) is 18.2. The van der Waals surface area contributed by atoms with E-state index in [2.05, 4.69) is 6.92 Å². The monoisotopic (exact) mass is 360 g/mol. The Kier molecular flexibility index (Phi) is 8.53. The molecule has 0 aliphatic heterocycles. The molecule has 3 saturated carbocycles. The van der Waals surface area contributed by atoms with E-state index in [0.717, 1.165) is 42.4 Å². The van der Waals surface area contributed by atoms with E-state index < -0.39 is 0 Å². The zero-order valence-electron chi connectivity index (χ0n) is 17.5. The fourth-order valence-corrected chi connectivity index (χ4v) is 6.46. The second-order valence-electron chi connectivity index (χ2n) is 10.1. The van der Waals surface area contributed by atoms with Gasteiger partial charge in [-0.1, -0.05) is 71.1 Å². The van der Waals surface area contributed by atoms with Crippen LogP contribution in [0.15, 0.2) is 0 Å². The van der Waals surface area contributed by atoms with Gasteiger partial charge in [0, 0.05) is 12.8 Å². The summed E-state index contributed by atoms with van der Waals surface area (Å²) in [6.07, 6.45) is 25.0. The van der Waals surface area contributed by atoms with Crippen molar-refractivity contribution >= 4 is 5.78 Å². The van der Waals surface area contributed by atoms with Crippen molar-refractivity contribution in [2.24, 2.45) is 29.6 Å². The minimum absolute atomic E-state index is 0.511. The average Bonchev–Trinajstić information content (AvgIpc) is 2.68. The van der Waals surface area contributed by atoms with E-state index in [1.165, 1.54) is 77.0 Å². The largest absolute Gasteiger partial charge is 0.300 e. The fraction of sp³-hybridized carbons (Fsp3) is 0.960. The predicted molar refractivity (Wildman–Crippen MR) is 111 cm³/mol. The summed E-state index contributed by atoms with van der Waals surface area (Å²) < 4.78 is 0. The molecule has 0 N–H and O–H groups in total. The highest BCUT2D eigenvalue weighted by Crippen LogP contribution is 2.43. The van der Waals surface area contributed by atoms with Crippen LogP contribution in [0.1, 0.15) is 122 Å². The number of unbranched alkanes of at least 4 members (excludes halogenated alkanes) is 1. The molecule has 0 heterocycles. The Morgan fingerprint density at radius 1 is 0.615 bits per heavy atom. The standard InChI is InChI=1S/C25H44O/c1-2-5-20-8-14-23(15-9-20)24-16-10-21(11-17-24)6-3-4-7-22-12-18-25(26)19-13-22/h20-24H,2-19H2,1H3/t20-,21?,23-,24?. The molecule has 0 aromatic rings. The predicted octanol–water partition coefficient (Wildman–Crippen LogP) is 7.72. The molecule has 0 amide bonds. The van der Waals surface area contributed by atoms with E-state index in [1.807, 2.05) is 0 Å². The van der Waals surface area contributed by atoms with Gasteiger partial charge in [0.15, 0.2) is 0 Å². The van der Waals surface area contributed by atoms with Gasteiger partial charge in [0.25, 0.3) is 0 Å². The van der Waals surface area contributed by atoms with Crippen molar-refractivity contribution in [1.29, 1.82) is 0 Å². The summed E-state index contributed by atoms with van der Waals surface area (Å²) in [6.45, 7) is 2.35. The number of hydrogen-bond donors (Lipinski definition) is 0. The quantitative estimate of drug-likeness (QED) is 0.405. The third kappa shape index (κ3) is 6.38. The van der Waals surface area contributed by atoms with Gasteiger partial charge < -0.3 is 0 Å². The molecule has 0 atom stereocenters. The van der Waals surface area contributed by atoms with Crippen molar-refractivity contribution in [3.05, 3.63) is 0 Å². The smallest absolute Gasteiger partial charge is 0.132 e. The van der Waals surface area contributed by atoms with Crippen LogP contribution in [0.2, 0.25) is 0 Å². The van der Waals surface area contributed by atoms with Crippen LogP contribution in [0.4, 0.5) is 0 Å². The molecule has 0 spiro atoms. The van der Waals surface area contributed by atoms with E-state index in [9.17, 15) is 4.79 Å². The van der Waals surface area contributed by atoms with Crippen LogP contribution < -0.4 is 0 Å². The molecule has 0 bridgehead atoms. The van der Waals surface area contributed by atoms with Crippen LogP contribution in [0.5, 0.6) is 0 Å². The number of rotatable bonds is 8. The minimum atomic E-state index is 0.511. The van der Waals surface area contributed by atoms with Crippen LogP contribution in [-0.2, 0) is 4.79 Å². The molecule has 3 aliphatic rings. The molecular formula is C25H44O. The normalized spacial score (nSPS) is 34.1. The first-order chi connectivity index (χ1) is 12.7. The Labute approximate surface area is 163 Å². The first kappa shape index (κ1) is 20.4. The molecule has 0 radical (unpaired) electrons. The summed E-state index contributed by atoms with van der Waals surface area (Å²) >= 11 is 0. The number of ketones is 1. The van der Waals surface area contributed by atoms with Gasteiger partial charge >= 0.3 is 0 Å². The van der Waals surface area contributed by atoms with E-state index >= 15 is 0 Å². The highest BCUT2D eigenvalue weighted by atomic mass is 16.1. The SMILES string of the molecule is CCC[C@H]1CC[C@H](C2CCC(CCCCC3CCC(=O)CC3)CC2)CC1. The van der Waals surface area contributed by atoms with Gasteiger partial charge in [-0.15, -0.1) is 0 Å². The Morgan fingerprint density at radius 2 is 1.04 bits per heavy atom. The lowest BCUT2D eigenvalue weighted by Crippen LogP contribution is -2.25. The molecule has 150 valence electrons. The van der Waals surface area contributed by atoms with Gasteiger partial charge in [0.05, 0.1) is 0 Å². The Morgan fingerprint density at radius 3 is 1.50 bits per heavy atom. The molecule has 3 aliphatic carbocycles. The van der Waals surface area contributed by atoms with Crippen LogP contribution >= 0.6 is 0 Å². The van der Waals surface area contributed by atoms with Crippen molar-refractivity contribution in [3.8, 4) is 0 Å². The van der Waals surface area contributed by atoms with E-state index in [4.69, 9.17) is 0 Å². The fourth-order valence-electron chi connectivity index (χ4n) is 6.46. The van der Waals surface area contributed by atoms with Crippen LogP contribution in [0, 0.1) is 29.6 Å². The molecule has 1 nitrogen and oxygen atoms in total. The lowest BCUT2D eigenvalue weighted by molar-refractivity contribution is -0.121. The van der Waals surface area contributed by atoms with E-state index in [1.54, 1.807) is 25.7 Å². The van der Waals surface area contributed by atoms with Crippen LogP contribution in [0.3, 0.4) is 0 Å². The Hall–Kier alpha value is -0.330. The molecule has 0 aromatic carbocycles. The zero-order valence-corrected chi connectivity index (χ0v) is 17.5. The number of carbonyl (C=O) groups is 1. The van der Waals surface area contributed by atoms with E-state index in [0.29, 0.717) is 5.78 Å². The summed E-state index contributed by atoms with van der Waals surface area (Å²) in [5, 5.41) is 0. The topological polar surface area (TPSA) is 17.1 Å². The van der Waals surface area contributed by atoms with Crippen molar-refractivity contribution < 1.29 is 4.79 Å². The summed E-state index contributed by atoms with van der Waals surface area (Å²) in [7, 11) is 0. The molecular weight excluding hydrogens is 316 g/mol. The average molecular weight is 361 g/mol. The maximum absolute atomic E-state index is 11.3. The summed E-state index contributed by atoms with van der Waals surface area (Å²) in [5.74, 6) is 5.64. The molecule has 26 heavy (non-hydrogen) atoms. The van der Waals surface area contributed by atoms with Crippen molar-refractivity contribution in [2.75, 3.05) is 0 Å². The van der Waals surface area contributed by atoms with Gasteiger partial charge in [-0.3, -0.25) is 4.79 Å². The van der Waals surface area contributed by atoms with Gasteiger partial charge in [-0.2, -0.15) is 0 Å². The summed E-state index contributed by atoms with van der Waals surface area (Å²) in [6, 6.07) is 0. The lowest BCUT2D eigenvalue weighted by Gasteiger charge is -2.38. The third-order valence-corrected chi connectivity index (χ3v) is 8.28. The number of hydrogen-bond acceptors (Lipinski definition) is 1. The van der Waals surface area contributed by atoms with E-state index in [-0.39, 0.29) is 0 Å². The van der Waals surface area contributed by atoms with Gasteiger partial charge in [0.2, 0.25) is 0 Å². The van der Waals surface area contributed by atoms with Gasteiger partial charge in [0.1, 0.15) is 5.78 Å². The molecule has 0 unspecified atom stereocenters. The summed E-state index contributed by atoms with van der Waals surface area (Å²) in [4.78, 5) is 11.3. The molecule has 0 aromatic heterocycles. The van der Waals surface area contributed by atoms with Gasteiger partial charge in [-0.25, -0.2) is 0 Å². The molecule has 3 rings (SSSR count). The highest BCUT2D eigenvalue weighted by molar-refractivity contribution is 5.78. The lowest BCUT2D eigenvalue weighted by atomic mass is 9.68. The second-order valence-corrected chi connectivity index (χ2v) is 10.1. The maximum Gasteiger partial charge on any atom is 0.132 e. The Balaban J connectivity index is 1.23. The number of carbonyl (C=O) groups excluding carboxylic acids is 1. The van der Waals surface area contributed by atoms with Crippen molar-refractivity contribution in [3.63, 3.8) is 0 Å². The highest BCUT2D eigenvalue weighted by Gasteiger charge is 2.30. The number of Topliss-reactive ketones (excluding diaryl/α,β-unsaturated/α-hetero) is 1. The van der Waals surface area contributed by atoms with Crippen LogP contribution in [-0.4, -0.2) is 5.78 Å². The maximum atomic E-state index is 11.3. The third-order valence-electron chi connectivity index (χ3n) is 8.28. The second kappa shape index (κ2) is 10.9. The first-order valence-electron chi connectivity index (χ1n) is 12.3. The van der Waals surface area contributed by atoms with Crippen molar-refractivity contribution in [2.45, 2.75) is 122 Å². The first-order valence-corrected chi connectivity index (χ1v) is 12.3. The molecule has 3 fully saturated rings. The molecule has 1 heteroatoms. The molecule has 0 saturated heterocycles. The van der Waals surface area contributed by atoms with Crippen molar-refractivity contribution in [1.82, 2.24) is 0 Å². The summed E-state index contributed by atoms with van der Waals surface area (Å²) in [5.41, 5.74) is 0. The Bertz CT molecular complexity index is 388. The van der Waals surface area contributed by atoms with Gasteiger partial charge in [-0.05, 0) is 68.1 Å².